The predicted octanol–water partition coefficient (Wildman–Crippen LogP) is 3.92. The van der Waals surface area contributed by atoms with E-state index in [1.807, 2.05) is 36.4 Å². The SMILES string of the molecule is CCS(=O)(=O)Oc1cccc(CN(Cc2ccco2)C(=O)NCc2ccccc2)c1. The smallest absolute Gasteiger partial charge is 0.318 e. The van der Waals surface area contributed by atoms with Crippen LogP contribution in [0.15, 0.2) is 77.4 Å². The maximum absolute atomic E-state index is 12.9. The zero-order valence-corrected chi connectivity index (χ0v) is 17.5. The summed E-state index contributed by atoms with van der Waals surface area (Å²) in [6.07, 6.45) is 1.56. The van der Waals surface area contributed by atoms with Gasteiger partial charge >= 0.3 is 16.1 Å². The summed E-state index contributed by atoms with van der Waals surface area (Å²) in [4.78, 5) is 14.4. The summed E-state index contributed by atoms with van der Waals surface area (Å²) >= 11 is 0. The number of nitrogens with zero attached hydrogens (tertiary/aromatic N) is 1. The quantitative estimate of drug-likeness (QED) is 0.522. The van der Waals surface area contributed by atoms with Crippen LogP contribution >= 0.6 is 0 Å². The first-order valence-corrected chi connectivity index (χ1v) is 11.1. The molecule has 1 heterocycles. The van der Waals surface area contributed by atoms with E-state index in [4.69, 9.17) is 8.60 Å². The molecule has 8 heteroatoms. The molecule has 0 radical (unpaired) electrons. The normalized spacial score (nSPS) is 11.1. The minimum atomic E-state index is -3.62. The van der Waals surface area contributed by atoms with Gasteiger partial charge in [0.1, 0.15) is 11.5 Å². The van der Waals surface area contributed by atoms with E-state index in [2.05, 4.69) is 5.32 Å². The minimum absolute atomic E-state index is 0.121. The summed E-state index contributed by atoms with van der Waals surface area (Å²) in [6.45, 7) is 2.43. The number of amides is 2. The average molecular weight is 429 g/mol. The zero-order chi connectivity index (χ0) is 21.4. The Labute approximate surface area is 176 Å². The molecule has 1 aromatic heterocycles. The van der Waals surface area contributed by atoms with Gasteiger partial charge in [0.15, 0.2) is 0 Å². The van der Waals surface area contributed by atoms with Crippen LogP contribution in [0.1, 0.15) is 23.8 Å². The minimum Gasteiger partial charge on any atom is -0.467 e. The van der Waals surface area contributed by atoms with Crippen molar-refractivity contribution in [3.05, 3.63) is 89.9 Å². The third-order valence-electron chi connectivity index (χ3n) is 4.35. The molecule has 2 amide bonds. The lowest BCUT2D eigenvalue weighted by atomic mass is 10.2. The molecule has 158 valence electrons. The molecule has 0 fully saturated rings. The predicted molar refractivity (Wildman–Crippen MR) is 113 cm³/mol. The standard InChI is InChI=1S/C22H24N2O5S/c1-2-30(26,27)29-20-11-6-10-19(14-20)16-24(17-21-12-7-13-28-21)22(25)23-15-18-8-4-3-5-9-18/h3-14H,2,15-17H2,1H3,(H,23,25). The molecule has 0 saturated heterocycles. The van der Waals surface area contributed by atoms with Crippen molar-refractivity contribution in [2.24, 2.45) is 0 Å². The van der Waals surface area contributed by atoms with Crippen molar-refractivity contribution in [2.75, 3.05) is 5.75 Å². The molecule has 0 atom stereocenters. The Hall–Kier alpha value is -3.26. The Morgan fingerprint density at radius 2 is 1.77 bits per heavy atom. The van der Waals surface area contributed by atoms with E-state index in [0.717, 1.165) is 11.1 Å². The highest BCUT2D eigenvalue weighted by molar-refractivity contribution is 7.87. The van der Waals surface area contributed by atoms with Gasteiger partial charge in [-0.2, -0.15) is 8.42 Å². The van der Waals surface area contributed by atoms with E-state index in [-0.39, 0.29) is 30.6 Å². The zero-order valence-electron chi connectivity index (χ0n) is 16.7. The van der Waals surface area contributed by atoms with Crippen molar-refractivity contribution in [1.29, 1.82) is 0 Å². The molecule has 1 N–H and O–H groups in total. The summed E-state index contributed by atoms with van der Waals surface area (Å²) in [5.74, 6) is 0.742. The largest absolute Gasteiger partial charge is 0.467 e. The van der Waals surface area contributed by atoms with E-state index in [9.17, 15) is 13.2 Å². The van der Waals surface area contributed by atoms with Crippen LogP contribution in [0.2, 0.25) is 0 Å². The van der Waals surface area contributed by atoms with Gasteiger partial charge in [0.2, 0.25) is 0 Å². The molecule has 0 unspecified atom stereocenters. The van der Waals surface area contributed by atoms with E-state index < -0.39 is 10.1 Å². The number of nitrogens with one attached hydrogen (secondary N) is 1. The van der Waals surface area contributed by atoms with Gasteiger partial charge in [0, 0.05) is 13.1 Å². The second-order valence-corrected chi connectivity index (χ2v) is 8.52. The van der Waals surface area contributed by atoms with Crippen molar-refractivity contribution >= 4 is 16.1 Å². The lowest BCUT2D eigenvalue weighted by molar-refractivity contribution is 0.187. The Balaban J connectivity index is 1.73. The van der Waals surface area contributed by atoms with Crippen molar-refractivity contribution in [3.8, 4) is 5.75 Å². The summed E-state index contributed by atoms with van der Waals surface area (Å²) in [7, 11) is -3.62. The lowest BCUT2D eigenvalue weighted by Crippen LogP contribution is -2.38. The van der Waals surface area contributed by atoms with E-state index in [1.165, 1.54) is 6.92 Å². The molecule has 3 rings (SSSR count). The Bertz CT molecular complexity index is 1050. The number of urea groups is 1. The van der Waals surface area contributed by atoms with Gasteiger partial charge in [-0.15, -0.1) is 0 Å². The Kier molecular flexibility index (Phi) is 7.13. The van der Waals surface area contributed by atoms with Crippen molar-refractivity contribution in [1.82, 2.24) is 10.2 Å². The topological polar surface area (TPSA) is 88.9 Å². The number of furan rings is 1. The van der Waals surface area contributed by atoms with Crippen LogP contribution in [-0.4, -0.2) is 25.1 Å². The third-order valence-corrected chi connectivity index (χ3v) is 5.50. The second kappa shape index (κ2) is 9.98. The van der Waals surface area contributed by atoms with Crippen molar-refractivity contribution < 1.29 is 21.8 Å². The maximum atomic E-state index is 12.9. The van der Waals surface area contributed by atoms with Gasteiger partial charge in [-0.3, -0.25) is 0 Å². The van der Waals surface area contributed by atoms with Gasteiger partial charge in [0.25, 0.3) is 0 Å². The first-order valence-electron chi connectivity index (χ1n) is 9.55. The molecule has 0 aliphatic heterocycles. The van der Waals surface area contributed by atoms with Crippen LogP contribution in [0.3, 0.4) is 0 Å². The molecule has 3 aromatic rings. The summed E-state index contributed by atoms with van der Waals surface area (Å²) in [5.41, 5.74) is 1.73. The fraction of sp³-hybridized carbons (Fsp3) is 0.227. The van der Waals surface area contributed by atoms with Crippen LogP contribution in [0, 0.1) is 0 Å². The van der Waals surface area contributed by atoms with Crippen molar-refractivity contribution in [2.45, 2.75) is 26.6 Å². The number of rotatable bonds is 9. The van der Waals surface area contributed by atoms with Crippen molar-refractivity contribution in [3.63, 3.8) is 0 Å². The van der Waals surface area contributed by atoms with Crippen LogP contribution in [-0.2, 0) is 29.8 Å². The molecule has 7 nitrogen and oxygen atoms in total. The summed E-state index contributed by atoms with van der Waals surface area (Å²) < 4.78 is 33.9. The fourth-order valence-corrected chi connectivity index (χ4v) is 3.31. The number of carbonyl (C=O) groups excluding carboxylic acids is 1. The molecule has 0 saturated carbocycles. The highest BCUT2D eigenvalue weighted by Crippen LogP contribution is 2.18. The Morgan fingerprint density at radius 1 is 1.00 bits per heavy atom. The molecule has 0 spiro atoms. The van der Waals surface area contributed by atoms with Gasteiger partial charge in [-0.25, -0.2) is 4.79 Å². The van der Waals surface area contributed by atoms with E-state index >= 15 is 0 Å². The molecule has 0 bridgehead atoms. The second-order valence-electron chi connectivity index (χ2n) is 6.66. The number of hydrogen-bond acceptors (Lipinski definition) is 5. The number of benzene rings is 2. The van der Waals surface area contributed by atoms with Gasteiger partial charge in [-0.1, -0.05) is 42.5 Å². The van der Waals surface area contributed by atoms with Crippen LogP contribution < -0.4 is 9.50 Å². The number of carbonyl (C=O) groups is 1. The van der Waals surface area contributed by atoms with Crippen LogP contribution in [0.4, 0.5) is 4.79 Å². The first-order chi connectivity index (χ1) is 14.4. The summed E-state index contributed by atoms with van der Waals surface area (Å²) in [6, 6.07) is 19.6. The Morgan fingerprint density at radius 3 is 2.47 bits per heavy atom. The third kappa shape index (κ3) is 6.38. The molecule has 30 heavy (non-hydrogen) atoms. The molecule has 0 aliphatic carbocycles. The molecule has 2 aromatic carbocycles. The monoisotopic (exact) mass is 428 g/mol. The average Bonchev–Trinajstić information content (AvgIpc) is 3.25. The van der Waals surface area contributed by atoms with E-state index in [1.54, 1.807) is 41.5 Å². The maximum Gasteiger partial charge on any atom is 0.318 e. The number of hydrogen-bond donors (Lipinski definition) is 1. The summed E-state index contributed by atoms with van der Waals surface area (Å²) in [5, 5.41) is 2.91. The highest BCUT2D eigenvalue weighted by atomic mass is 32.2. The van der Waals surface area contributed by atoms with Crippen LogP contribution in [0.25, 0.3) is 0 Å². The fourth-order valence-electron chi connectivity index (χ4n) is 2.80. The van der Waals surface area contributed by atoms with Gasteiger partial charge < -0.3 is 18.8 Å². The van der Waals surface area contributed by atoms with Gasteiger partial charge in [-0.05, 0) is 42.3 Å². The first kappa shape index (κ1) is 21.4. The van der Waals surface area contributed by atoms with Gasteiger partial charge in [0.05, 0.1) is 18.6 Å². The molecular weight excluding hydrogens is 404 g/mol. The lowest BCUT2D eigenvalue weighted by Gasteiger charge is -2.22. The van der Waals surface area contributed by atoms with Crippen LogP contribution in [0.5, 0.6) is 5.75 Å². The molecular formula is C22H24N2O5S. The highest BCUT2D eigenvalue weighted by Gasteiger charge is 2.17. The molecule has 0 aliphatic rings. The van der Waals surface area contributed by atoms with E-state index in [0.29, 0.717) is 12.3 Å².